The molecule has 1 fully saturated rings. The molecule has 1 amide bonds. The van der Waals surface area contributed by atoms with Gasteiger partial charge in [-0.05, 0) is 25.3 Å². The zero-order chi connectivity index (χ0) is 19.7. The van der Waals surface area contributed by atoms with Gasteiger partial charge < -0.3 is 10.1 Å². The lowest BCUT2D eigenvalue weighted by atomic mass is 9.74. The third kappa shape index (κ3) is 4.16. The molecule has 1 N–H and O–H groups in total. The van der Waals surface area contributed by atoms with Crippen molar-refractivity contribution >= 4 is 5.91 Å². The first-order chi connectivity index (χ1) is 12.7. The van der Waals surface area contributed by atoms with Crippen LogP contribution in [0.2, 0.25) is 0 Å². The summed E-state index contributed by atoms with van der Waals surface area (Å²) in [5.41, 5.74) is 0.743. The van der Waals surface area contributed by atoms with Crippen LogP contribution in [0.4, 0.5) is 13.2 Å². The molecule has 1 saturated heterocycles. The fraction of sp³-hybridized carbons (Fsp3) is 0.474. The fourth-order valence-electron chi connectivity index (χ4n) is 3.40. The Kier molecular flexibility index (Phi) is 5.28. The first-order valence-electron chi connectivity index (χ1n) is 8.76. The van der Waals surface area contributed by atoms with Crippen molar-refractivity contribution in [3.63, 3.8) is 0 Å². The molecule has 0 saturated carbocycles. The molecule has 1 aliphatic heterocycles. The molecule has 0 spiro atoms. The van der Waals surface area contributed by atoms with Crippen molar-refractivity contribution in [2.75, 3.05) is 19.8 Å². The van der Waals surface area contributed by atoms with Crippen molar-refractivity contribution in [2.24, 2.45) is 7.05 Å². The largest absolute Gasteiger partial charge is 0.435 e. The summed E-state index contributed by atoms with van der Waals surface area (Å²) in [7, 11) is 1.33. The van der Waals surface area contributed by atoms with Crippen LogP contribution in [-0.2, 0) is 23.4 Å². The molecule has 1 aromatic heterocycles. The van der Waals surface area contributed by atoms with E-state index in [1.54, 1.807) is 0 Å². The lowest BCUT2D eigenvalue weighted by Crippen LogP contribution is -2.44. The maximum Gasteiger partial charge on any atom is 0.435 e. The molecular weight excluding hydrogens is 359 g/mol. The summed E-state index contributed by atoms with van der Waals surface area (Å²) in [6.07, 6.45) is -3.12. The highest BCUT2D eigenvalue weighted by molar-refractivity contribution is 5.92. The monoisotopic (exact) mass is 381 g/mol. The predicted octanol–water partition coefficient (Wildman–Crippen LogP) is 3.23. The van der Waals surface area contributed by atoms with Crippen LogP contribution in [0.25, 0.3) is 0 Å². The highest BCUT2D eigenvalue weighted by atomic mass is 19.4. The van der Waals surface area contributed by atoms with E-state index >= 15 is 0 Å². The van der Waals surface area contributed by atoms with Gasteiger partial charge in [0.15, 0.2) is 5.69 Å². The molecule has 2 heterocycles. The number of alkyl halides is 3. The first kappa shape index (κ1) is 19.4. The van der Waals surface area contributed by atoms with Crippen LogP contribution in [0.1, 0.15) is 40.2 Å². The number of aryl methyl sites for hydroxylation is 2. The van der Waals surface area contributed by atoms with E-state index in [0.717, 1.165) is 34.7 Å². The number of carbonyl (C=O) groups excluding carboxylic acids is 1. The van der Waals surface area contributed by atoms with Gasteiger partial charge in [0.2, 0.25) is 0 Å². The molecule has 3 rings (SSSR count). The standard InChI is InChI=1S/C19H22F3N3O2/c1-13-3-5-14(6-4-13)18(7-9-27-10-8-18)12-23-17(26)15-11-16(19(20,21)22)24-25(15)2/h3-6,11H,7-10,12H2,1-2H3,(H,23,26). The number of carbonyl (C=O) groups is 1. The first-order valence-corrected chi connectivity index (χ1v) is 8.76. The summed E-state index contributed by atoms with van der Waals surface area (Å²) in [6, 6.07) is 8.89. The summed E-state index contributed by atoms with van der Waals surface area (Å²) in [6.45, 7) is 3.48. The topological polar surface area (TPSA) is 56.2 Å². The summed E-state index contributed by atoms with van der Waals surface area (Å²) in [5.74, 6) is -0.571. The maximum atomic E-state index is 12.8. The highest BCUT2D eigenvalue weighted by Gasteiger charge is 2.37. The van der Waals surface area contributed by atoms with Gasteiger partial charge in [0.05, 0.1) is 0 Å². The van der Waals surface area contributed by atoms with Gasteiger partial charge in [-0.2, -0.15) is 18.3 Å². The van der Waals surface area contributed by atoms with Gasteiger partial charge in [-0.3, -0.25) is 9.48 Å². The molecule has 5 nitrogen and oxygen atoms in total. The van der Waals surface area contributed by atoms with Crippen molar-refractivity contribution in [1.29, 1.82) is 0 Å². The number of benzene rings is 1. The van der Waals surface area contributed by atoms with Gasteiger partial charge >= 0.3 is 6.18 Å². The molecule has 1 aromatic carbocycles. The van der Waals surface area contributed by atoms with Gasteiger partial charge in [0.25, 0.3) is 5.91 Å². The van der Waals surface area contributed by atoms with Gasteiger partial charge in [-0.15, -0.1) is 0 Å². The minimum Gasteiger partial charge on any atom is -0.381 e. The Morgan fingerprint density at radius 3 is 2.44 bits per heavy atom. The minimum absolute atomic E-state index is 0.117. The van der Waals surface area contributed by atoms with Crippen LogP contribution in [-0.4, -0.2) is 35.4 Å². The number of amides is 1. The molecule has 27 heavy (non-hydrogen) atoms. The molecule has 1 aliphatic rings. The Morgan fingerprint density at radius 1 is 1.26 bits per heavy atom. The zero-order valence-electron chi connectivity index (χ0n) is 15.3. The van der Waals surface area contributed by atoms with Gasteiger partial charge in [0, 0.05) is 38.3 Å². The zero-order valence-corrected chi connectivity index (χ0v) is 15.3. The number of halogens is 3. The van der Waals surface area contributed by atoms with Crippen LogP contribution >= 0.6 is 0 Å². The van der Waals surface area contributed by atoms with E-state index in [2.05, 4.69) is 10.4 Å². The average Bonchev–Trinajstić information content (AvgIpc) is 3.03. The van der Waals surface area contributed by atoms with E-state index in [9.17, 15) is 18.0 Å². The number of nitrogens with zero attached hydrogens (tertiary/aromatic N) is 2. The Labute approximate surface area is 155 Å². The van der Waals surface area contributed by atoms with E-state index in [1.165, 1.54) is 7.05 Å². The smallest absolute Gasteiger partial charge is 0.381 e. The minimum atomic E-state index is -4.58. The Hall–Kier alpha value is -2.35. The molecule has 8 heteroatoms. The molecule has 0 aliphatic carbocycles. The molecule has 2 aromatic rings. The van der Waals surface area contributed by atoms with Gasteiger partial charge in [0.1, 0.15) is 5.69 Å². The lowest BCUT2D eigenvalue weighted by molar-refractivity contribution is -0.141. The second-order valence-electron chi connectivity index (χ2n) is 6.98. The fourth-order valence-corrected chi connectivity index (χ4v) is 3.40. The van der Waals surface area contributed by atoms with E-state index < -0.39 is 17.8 Å². The molecular formula is C19H22F3N3O2. The van der Waals surface area contributed by atoms with E-state index in [1.807, 2.05) is 31.2 Å². The van der Waals surface area contributed by atoms with E-state index in [0.29, 0.717) is 19.8 Å². The van der Waals surface area contributed by atoms with Crippen molar-refractivity contribution in [3.05, 3.63) is 52.8 Å². The number of hydrogen-bond acceptors (Lipinski definition) is 3. The average molecular weight is 381 g/mol. The highest BCUT2D eigenvalue weighted by Crippen LogP contribution is 2.34. The quantitative estimate of drug-likeness (QED) is 0.885. The number of aromatic nitrogens is 2. The van der Waals surface area contributed by atoms with Crippen molar-refractivity contribution in [1.82, 2.24) is 15.1 Å². The molecule has 0 bridgehead atoms. The lowest BCUT2D eigenvalue weighted by Gasteiger charge is -2.38. The van der Waals surface area contributed by atoms with Crippen LogP contribution in [0, 0.1) is 6.92 Å². The van der Waals surface area contributed by atoms with Gasteiger partial charge in [-0.25, -0.2) is 0 Å². The van der Waals surface area contributed by atoms with E-state index in [-0.39, 0.29) is 11.1 Å². The number of nitrogens with one attached hydrogen (secondary N) is 1. The molecule has 0 radical (unpaired) electrons. The van der Waals surface area contributed by atoms with Crippen LogP contribution in [0.3, 0.4) is 0 Å². The summed E-state index contributed by atoms with van der Waals surface area (Å²) in [5, 5.41) is 6.20. The van der Waals surface area contributed by atoms with Crippen molar-refractivity contribution < 1.29 is 22.7 Å². The number of ether oxygens (including phenoxy) is 1. The van der Waals surface area contributed by atoms with E-state index in [4.69, 9.17) is 4.74 Å². The van der Waals surface area contributed by atoms with Gasteiger partial charge in [-0.1, -0.05) is 29.8 Å². The second kappa shape index (κ2) is 7.34. The van der Waals surface area contributed by atoms with Crippen LogP contribution in [0.5, 0.6) is 0 Å². The molecule has 0 unspecified atom stereocenters. The molecule has 146 valence electrons. The Balaban J connectivity index is 1.79. The summed E-state index contributed by atoms with van der Waals surface area (Å²) in [4.78, 5) is 12.5. The summed E-state index contributed by atoms with van der Waals surface area (Å²) >= 11 is 0. The predicted molar refractivity (Wildman–Crippen MR) is 93.5 cm³/mol. The van der Waals surface area contributed by atoms with Crippen molar-refractivity contribution in [2.45, 2.75) is 31.4 Å². The Bertz CT molecular complexity index is 807. The van der Waals surface area contributed by atoms with Crippen LogP contribution < -0.4 is 5.32 Å². The normalized spacial score (nSPS) is 16.9. The third-order valence-corrected chi connectivity index (χ3v) is 5.10. The Morgan fingerprint density at radius 2 is 1.89 bits per heavy atom. The second-order valence-corrected chi connectivity index (χ2v) is 6.98. The third-order valence-electron chi connectivity index (χ3n) is 5.10. The SMILES string of the molecule is Cc1ccc(C2(CNC(=O)c3cc(C(F)(F)F)nn3C)CCOCC2)cc1. The summed E-state index contributed by atoms with van der Waals surface area (Å²) < 4.78 is 44.9. The number of hydrogen-bond donors (Lipinski definition) is 1. The number of rotatable bonds is 4. The molecule has 0 atom stereocenters. The van der Waals surface area contributed by atoms with Crippen LogP contribution in [0.15, 0.2) is 30.3 Å². The van der Waals surface area contributed by atoms with Crippen molar-refractivity contribution in [3.8, 4) is 0 Å². The maximum absolute atomic E-state index is 12.8.